The number of carbonyl (C=O) groups is 1. The highest BCUT2D eigenvalue weighted by molar-refractivity contribution is 5.91. The second-order valence-electron chi connectivity index (χ2n) is 4.57. The maximum Gasteiger partial charge on any atom is 0.349 e. The van der Waals surface area contributed by atoms with Crippen molar-refractivity contribution in [2.24, 2.45) is 0 Å². The van der Waals surface area contributed by atoms with Crippen LogP contribution in [0.4, 0.5) is 0 Å². The molecule has 112 valence electrons. The quantitative estimate of drug-likeness (QED) is 0.856. The van der Waals surface area contributed by atoms with Crippen molar-refractivity contribution in [1.29, 1.82) is 0 Å². The third-order valence-electron chi connectivity index (χ3n) is 2.65. The minimum absolute atomic E-state index is 0.0942. The third-order valence-corrected chi connectivity index (χ3v) is 2.65. The summed E-state index contributed by atoms with van der Waals surface area (Å²) in [5.41, 5.74) is -1.21. The number of rotatable bonds is 4. The van der Waals surface area contributed by atoms with Gasteiger partial charge in [0.2, 0.25) is 5.88 Å². The Labute approximate surface area is 120 Å². The van der Waals surface area contributed by atoms with Crippen molar-refractivity contribution in [2.75, 3.05) is 6.61 Å². The van der Waals surface area contributed by atoms with E-state index in [1.807, 2.05) is 13.8 Å². The normalized spacial score (nSPS) is 10.9. The molecule has 2 aromatic rings. The number of esters is 1. The molecule has 1 N–H and O–H groups in total. The second-order valence-corrected chi connectivity index (χ2v) is 4.57. The standard InChI is InChI=1S/C14H16N2O5/c1-4-20-14(19)10-12(17)15-11-9(21-8(2)3)6-5-7-16(11)13(10)18/h5-8,18H,4H2,1-3H3. The van der Waals surface area contributed by atoms with Gasteiger partial charge in [-0.15, -0.1) is 0 Å². The largest absolute Gasteiger partial charge is 0.493 e. The molecule has 0 saturated carbocycles. The number of pyridine rings is 1. The van der Waals surface area contributed by atoms with E-state index in [9.17, 15) is 14.7 Å². The first-order valence-electron chi connectivity index (χ1n) is 6.53. The van der Waals surface area contributed by atoms with Crippen LogP contribution < -0.4 is 10.3 Å². The fraction of sp³-hybridized carbons (Fsp3) is 0.357. The minimum Gasteiger partial charge on any atom is -0.493 e. The van der Waals surface area contributed by atoms with E-state index in [-0.39, 0.29) is 18.4 Å². The predicted octanol–water partition coefficient (Wildman–Crippen LogP) is 1.36. The maximum atomic E-state index is 12.0. The highest BCUT2D eigenvalue weighted by Gasteiger charge is 2.22. The molecule has 0 aliphatic rings. The van der Waals surface area contributed by atoms with E-state index in [1.54, 1.807) is 19.1 Å². The first kappa shape index (κ1) is 14.8. The molecule has 0 bridgehead atoms. The molecule has 2 heterocycles. The Morgan fingerprint density at radius 1 is 1.48 bits per heavy atom. The van der Waals surface area contributed by atoms with Gasteiger partial charge < -0.3 is 14.6 Å². The number of hydrogen-bond acceptors (Lipinski definition) is 6. The number of carbonyl (C=O) groups excluding carboxylic acids is 1. The molecule has 7 nitrogen and oxygen atoms in total. The van der Waals surface area contributed by atoms with E-state index in [2.05, 4.69) is 4.98 Å². The van der Waals surface area contributed by atoms with Crippen molar-refractivity contribution in [3.8, 4) is 11.6 Å². The van der Waals surface area contributed by atoms with Crippen LogP contribution >= 0.6 is 0 Å². The molecule has 0 atom stereocenters. The van der Waals surface area contributed by atoms with Crippen LogP contribution in [0.5, 0.6) is 11.6 Å². The summed E-state index contributed by atoms with van der Waals surface area (Å²) in [6, 6.07) is 3.25. The van der Waals surface area contributed by atoms with Gasteiger partial charge in [0.05, 0.1) is 12.7 Å². The number of aromatic hydroxyl groups is 1. The molecule has 0 aliphatic heterocycles. The average molecular weight is 292 g/mol. The lowest BCUT2D eigenvalue weighted by molar-refractivity contribution is 0.0519. The molecule has 2 rings (SSSR count). The van der Waals surface area contributed by atoms with Gasteiger partial charge in [0.15, 0.2) is 17.0 Å². The van der Waals surface area contributed by atoms with Gasteiger partial charge in [0.1, 0.15) is 0 Å². The summed E-state index contributed by atoms with van der Waals surface area (Å²) in [4.78, 5) is 27.5. The average Bonchev–Trinajstić information content (AvgIpc) is 2.39. The Kier molecular flexibility index (Phi) is 4.11. The molecule has 0 aliphatic carbocycles. The predicted molar refractivity (Wildman–Crippen MR) is 74.8 cm³/mol. The van der Waals surface area contributed by atoms with Gasteiger partial charge in [-0.25, -0.2) is 4.79 Å². The maximum absolute atomic E-state index is 12.0. The van der Waals surface area contributed by atoms with Gasteiger partial charge >= 0.3 is 5.97 Å². The topological polar surface area (TPSA) is 90.1 Å². The monoisotopic (exact) mass is 292 g/mol. The van der Waals surface area contributed by atoms with E-state index in [0.717, 1.165) is 0 Å². The summed E-state index contributed by atoms with van der Waals surface area (Å²) >= 11 is 0. The van der Waals surface area contributed by atoms with Crippen LogP contribution in [0, 0.1) is 0 Å². The summed E-state index contributed by atoms with van der Waals surface area (Å²) in [5.74, 6) is -1.08. The Morgan fingerprint density at radius 3 is 2.81 bits per heavy atom. The third kappa shape index (κ3) is 2.81. The summed E-state index contributed by atoms with van der Waals surface area (Å²) < 4.78 is 11.5. The zero-order valence-corrected chi connectivity index (χ0v) is 12.0. The van der Waals surface area contributed by atoms with Crippen molar-refractivity contribution in [1.82, 2.24) is 9.38 Å². The summed E-state index contributed by atoms with van der Waals surface area (Å²) in [5, 5.41) is 10.2. The van der Waals surface area contributed by atoms with Crippen LogP contribution in [0.3, 0.4) is 0 Å². The highest BCUT2D eigenvalue weighted by atomic mass is 16.5. The van der Waals surface area contributed by atoms with Crippen LogP contribution in [0.1, 0.15) is 31.1 Å². The lowest BCUT2D eigenvalue weighted by atomic mass is 10.3. The Balaban J connectivity index is 2.68. The van der Waals surface area contributed by atoms with Crippen LogP contribution in [0.15, 0.2) is 23.1 Å². The Hall–Kier alpha value is -2.57. The van der Waals surface area contributed by atoms with E-state index in [0.29, 0.717) is 5.75 Å². The summed E-state index contributed by atoms with van der Waals surface area (Å²) in [7, 11) is 0. The van der Waals surface area contributed by atoms with Crippen molar-refractivity contribution in [3.05, 3.63) is 34.2 Å². The minimum atomic E-state index is -0.905. The summed E-state index contributed by atoms with van der Waals surface area (Å²) in [6.45, 7) is 5.36. The molecule has 0 fully saturated rings. The van der Waals surface area contributed by atoms with Gasteiger partial charge in [-0.1, -0.05) is 0 Å². The van der Waals surface area contributed by atoms with Gasteiger partial charge in [-0.05, 0) is 32.9 Å². The molecule has 0 spiro atoms. The first-order chi connectivity index (χ1) is 9.95. The molecular formula is C14H16N2O5. The van der Waals surface area contributed by atoms with E-state index in [4.69, 9.17) is 9.47 Å². The molecule has 0 amide bonds. The second kappa shape index (κ2) is 5.82. The van der Waals surface area contributed by atoms with E-state index < -0.39 is 23.0 Å². The molecule has 0 unspecified atom stereocenters. The van der Waals surface area contributed by atoms with Crippen LogP contribution in [-0.2, 0) is 4.74 Å². The Morgan fingerprint density at radius 2 is 2.19 bits per heavy atom. The van der Waals surface area contributed by atoms with Gasteiger partial charge in [0, 0.05) is 6.20 Å². The number of fused-ring (bicyclic) bond motifs is 1. The van der Waals surface area contributed by atoms with Gasteiger partial charge in [-0.2, -0.15) is 4.98 Å². The van der Waals surface area contributed by atoms with Crippen LogP contribution in [-0.4, -0.2) is 33.2 Å². The lowest BCUT2D eigenvalue weighted by Gasteiger charge is -2.13. The van der Waals surface area contributed by atoms with E-state index >= 15 is 0 Å². The molecule has 0 aromatic carbocycles. The van der Waals surface area contributed by atoms with Crippen LogP contribution in [0.25, 0.3) is 5.65 Å². The molecule has 7 heteroatoms. The van der Waals surface area contributed by atoms with Crippen molar-refractivity contribution in [3.63, 3.8) is 0 Å². The number of nitrogens with zero attached hydrogens (tertiary/aromatic N) is 2. The highest BCUT2D eigenvalue weighted by Crippen LogP contribution is 2.23. The zero-order chi connectivity index (χ0) is 15.6. The number of ether oxygens (including phenoxy) is 2. The van der Waals surface area contributed by atoms with Gasteiger partial charge in [0.25, 0.3) is 5.56 Å². The van der Waals surface area contributed by atoms with E-state index in [1.165, 1.54) is 10.6 Å². The zero-order valence-electron chi connectivity index (χ0n) is 12.0. The fourth-order valence-corrected chi connectivity index (χ4v) is 1.86. The fourth-order valence-electron chi connectivity index (χ4n) is 1.86. The van der Waals surface area contributed by atoms with Gasteiger partial charge in [-0.3, -0.25) is 9.20 Å². The molecule has 0 radical (unpaired) electrons. The first-order valence-corrected chi connectivity index (χ1v) is 6.53. The number of aromatic nitrogens is 2. The molecule has 21 heavy (non-hydrogen) atoms. The molecular weight excluding hydrogens is 276 g/mol. The Bertz CT molecular complexity index is 736. The SMILES string of the molecule is CCOC(=O)c1c(O)n2cccc(OC(C)C)c2nc1=O. The number of hydrogen-bond donors (Lipinski definition) is 1. The van der Waals surface area contributed by atoms with Crippen molar-refractivity contribution in [2.45, 2.75) is 26.9 Å². The molecule has 0 saturated heterocycles. The summed E-state index contributed by atoms with van der Waals surface area (Å²) in [6.07, 6.45) is 1.35. The van der Waals surface area contributed by atoms with Crippen molar-refractivity contribution < 1.29 is 19.4 Å². The lowest BCUT2D eigenvalue weighted by Crippen LogP contribution is -2.22. The van der Waals surface area contributed by atoms with Crippen LogP contribution in [0.2, 0.25) is 0 Å². The van der Waals surface area contributed by atoms with Crippen molar-refractivity contribution >= 4 is 11.6 Å². The smallest absolute Gasteiger partial charge is 0.349 e. The molecule has 2 aromatic heterocycles.